The second-order valence-corrected chi connectivity index (χ2v) is 8.44. The van der Waals surface area contributed by atoms with E-state index in [0.29, 0.717) is 10.4 Å². The first-order chi connectivity index (χ1) is 7.69. The summed E-state index contributed by atoms with van der Waals surface area (Å²) in [5, 5.41) is 29.8. The van der Waals surface area contributed by atoms with Crippen molar-refractivity contribution in [2.45, 2.75) is 10.4 Å². The van der Waals surface area contributed by atoms with Gasteiger partial charge in [-0.1, -0.05) is 0 Å². The van der Waals surface area contributed by atoms with Gasteiger partial charge in [0.1, 0.15) is 0 Å². The van der Waals surface area contributed by atoms with Crippen molar-refractivity contribution in [2.75, 3.05) is 13.2 Å². The van der Waals surface area contributed by atoms with E-state index in [-0.39, 0.29) is 18.9 Å². The number of non-ortho nitro benzene ring substituents is 1. The Labute approximate surface area is 98.1 Å². The molecule has 0 saturated heterocycles. The molecule has 0 fully saturated rings. The van der Waals surface area contributed by atoms with E-state index in [2.05, 4.69) is 0 Å². The van der Waals surface area contributed by atoms with E-state index in [1.807, 2.05) is 6.07 Å². The van der Waals surface area contributed by atoms with Crippen LogP contribution in [0.4, 0.5) is 5.69 Å². The number of rotatable bonds is 6. The van der Waals surface area contributed by atoms with Crippen LogP contribution in [0.5, 0.6) is 0 Å². The third kappa shape index (κ3) is 3.59. The standard InChI is InChI=1S/C10H14AsNO4/c13-6-4-11(5-7-14)9-2-1-3-10(8-9)12(15)16/h1-3,8,13-14H,4-7H2. The van der Waals surface area contributed by atoms with Crippen LogP contribution in [-0.2, 0) is 0 Å². The number of hydrogen-bond acceptors (Lipinski definition) is 4. The molecular formula is C10H14AsNO4. The third-order valence-electron chi connectivity index (χ3n) is 2.15. The molecule has 0 saturated carbocycles. The molecule has 0 unspecified atom stereocenters. The first-order valence-electron chi connectivity index (χ1n) is 4.90. The van der Waals surface area contributed by atoms with E-state index >= 15 is 0 Å². The van der Waals surface area contributed by atoms with Crippen molar-refractivity contribution in [3.05, 3.63) is 34.4 Å². The Morgan fingerprint density at radius 3 is 2.38 bits per heavy atom. The summed E-state index contributed by atoms with van der Waals surface area (Å²) in [5.41, 5.74) is 0.0766. The molecule has 0 aliphatic rings. The van der Waals surface area contributed by atoms with Gasteiger partial charge >= 0.3 is 97.8 Å². The van der Waals surface area contributed by atoms with Crippen LogP contribution in [0.2, 0.25) is 10.4 Å². The summed E-state index contributed by atoms with van der Waals surface area (Å²) in [4.78, 5) is 10.2. The Bertz CT molecular complexity index is 352. The third-order valence-corrected chi connectivity index (χ3v) is 7.37. The van der Waals surface area contributed by atoms with Gasteiger partial charge in [-0.2, -0.15) is 0 Å². The minimum atomic E-state index is -1.54. The van der Waals surface area contributed by atoms with Crippen LogP contribution in [0, 0.1) is 10.1 Å². The molecule has 6 heteroatoms. The van der Waals surface area contributed by atoms with Crippen LogP contribution in [0.15, 0.2) is 24.3 Å². The number of hydrogen-bond donors (Lipinski definition) is 2. The van der Waals surface area contributed by atoms with Crippen molar-refractivity contribution in [1.29, 1.82) is 0 Å². The summed E-state index contributed by atoms with van der Waals surface area (Å²) in [6.07, 6.45) is 0. The average Bonchev–Trinajstić information content (AvgIpc) is 2.29. The molecule has 1 rings (SSSR count). The van der Waals surface area contributed by atoms with Gasteiger partial charge in [0.05, 0.1) is 0 Å². The van der Waals surface area contributed by atoms with Crippen molar-refractivity contribution in [3.8, 4) is 0 Å². The molecule has 0 aromatic heterocycles. The Kier molecular flexibility index (Phi) is 5.46. The van der Waals surface area contributed by atoms with Crippen molar-refractivity contribution in [1.82, 2.24) is 0 Å². The Balaban J connectivity index is 2.90. The fraction of sp³-hybridized carbons (Fsp3) is 0.400. The number of aliphatic hydroxyl groups is 2. The van der Waals surface area contributed by atoms with Crippen LogP contribution < -0.4 is 4.35 Å². The molecule has 1 aromatic carbocycles. The SMILES string of the molecule is O=[N+]([O-])c1cccc([As](CCO)CCO)c1. The maximum absolute atomic E-state index is 10.6. The topological polar surface area (TPSA) is 83.6 Å². The van der Waals surface area contributed by atoms with Gasteiger partial charge in [0.2, 0.25) is 0 Å². The zero-order chi connectivity index (χ0) is 12.0. The number of nitrogens with zero attached hydrogens (tertiary/aromatic N) is 1. The second-order valence-electron chi connectivity index (χ2n) is 3.21. The Morgan fingerprint density at radius 2 is 1.88 bits per heavy atom. The van der Waals surface area contributed by atoms with Gasteiger partial charge in [-0.05, 0) is 0 Å². The van der Waals surface area contributed by atoms with E-state index in [0.717, 1.165) is 4.35 Å². The summed E-state index contributed by atoms with van der Waals surface area (Å²) in [6, 6.07) is 6.52. The van der Waals surface area contributed by atoms with Gasteiger partial charge in [-0.15, -0.1) is 0 Å². The van der Waals surface area contributed by atoms with Gasteiger partial charge < -0.3 is 0 Å². The molecule has 1 aromatic rings. The van der Waals surface area contributed by atoms with Crippen LogP contribution in [0.3, 0.4) is 0 Å². The monoisotopic (exact) mass is 287 g/mol. The van der Waals surface area contributed by atoms with Crippen molar-refractivity contribution < 1.29 is 15.1 Å². The summed E-state index contributed by atoms with van der Waals surface area (Å²) in [5.74, 6) is 0. The van der Waals surface area contributed by atoms with E-state index in [9.17, 15) is 10.1 Å². The van der Waals surface area contributed by atoms with Gasteiger partial charge in [0, 0.05) is 0 Å². The predicted molar refractivity (Wildman–Crippen MR) is 62.3 cm³/mol. The number of benzene rings is 1. The first kappa shape index (κ1) is 13.2. The quantitative estimate of drug-likeness (QED) is 0.447. The van der Waals surface area contributed by atoms with Gasteiger partial charge in [0.15, 0.2) is 0 Å². The van der Waals surface area contributed by atoms with Gasteiger partial charge in [-0.3, -0.25) is 0 Å². The molecule has 0 atom stereocenters. The summed E-state index contributed by atoms with van der Waals surface area (Å²) in [7, 11) is 0. The zero-order valence-electron chi connectivity index (χ0n) is 8.74. The molecule has 0 radical (unpaired) electrons. The molecule has 88 valence electrons. The molecular weight excluding hydrogens is 273 g/mol. The van der Waals surface area contributed by atoms with Gasteiger partial charge in [0.25, 0.3) is 0 Å². The predicted octanol–water partition coefficient (Wildman–Crippen LogP) is 0.281. The fourth-order valence-electron chi connectivity index (χ4n) is 1.41. The maximum atomic E-state index is 10.6. The van der Waals surface area contributed by atoms with Crippen LogP contribution in [0.25, 0.3) is 0 Å². The van der Waals surface area contributed by atoms with Crippen molar-refractivity contribution >= 4 is 24.7 Å². The molecule has 0 aliphatic heterocycles. The molecule has 16 heavy (non-hydrogen) atoms. The first-order valence-corrected chi connectivity index (χ1v) is 8.49. The van der Waals surface area contributed by atoms with Gasteiger partial charge in [-0.25, -0.2) is 0 Å². The number of aliphatic hydroxyl groups excluding tert-OH is 2. The van der Waals surface area contributed by atoms with Crippen LogP contribution in [0.1, 0.15) is 0 Å². The summed E-state index contributed by atoms with van der Waals surface area (Å²) in [6.45, 7) is 0.144. The molecule has 0 spiro atoms. The normalized spacial score (nSPS) is 10.7. The van der Waals surface area contributed by atoms with Crippen LogP contribution in [-0.4, -0.2) is 43.0 Å². The number of nitro groups is 1. The minimum absolute atomic E-state index is 0.0721. The van der Waals surface area contributed by atoms with E-state index in [1.165, 1.54) is 6.07 Å². The molecule has 0 amide bonds. The van der Waals surface area contributed by atoms with Crippen molar-refractivity contribution in [2.24, 2.45) is 0 Å². The molecule has 2 N–H and O–H groups in total. The molecule has 0 heterocycles. The Morgan fingerprint density at radius 1 is 1.25 bits per heavy atom. The summed E-state index contributed by atoms with van der Waals surface area (Å²) < 4.78 is 0.935. The van der Waals surface area contributed by atoms with E-state index in [1.54, 1.807) is 12.1 Å². The number of nitro benzene ring substituents is 1. The molecule has 0 aliphatic carbocycles. The second kappa shape index (κ2) is 6.63. The van der Waals surface area contributed by atoms with Crippen LogP contribution >= 0.6 is 0 Å². The zero-order valence-corrected chi connectivity index (χ0v) is 10.6. The Hall–Kier alpha value is -0.902. The van der Waals surface area contributed by atoms with E-state index < -0.39 is 19.6 Å². The van der Waals surface area contributed by atoms with Crippen molar-refractivity contribution in [3.63, 3.8) is 0 Å². The summed E-state index contributed by atoms with van der Waals surface area (Å²) >= 11 is -1.54. The molecule has 0 bridgehead atoms. The fourth-order valence-corrected chi connectivity index (χ4v) is 5.26. The van der Waals surface area contributed by atoms with E-state index in [4.69, 9.17) is 10.2 Å². The molecule has 5 nitrogen and oxygen atoms in total. The average molecular weight is 287 g/mol.